The van der Waals surface area contributed by atoms with Crippen LogP contribution < -0.4 is 5.32 Å². The van der Waals surface area contributed by atoms with Gasteiger partial charge in [-0.25, -0.2) is 0 Å². The summed E-state index contributed by atoms with van der Waals surface area (Å²) in [6, 6.07) is 13.7. The van der Waals surface area contributed by atoms with E-state index in [9.17, 15) is 19.2 Å². The van der Waals surface area contributed by atoms with Gasteiger partial charge in [0.05, 0.1) is 11.1 Å². The predicted octanol–water partition coefficient (Wildman–Crippen LogP) is 4.16. The van der Waals surface area contributed by atoms with E-state index < -0.39 is 6.04 Å². The molecule has 1 N–H and O–H groups in total. The van der Waals surface area contributed by atoms with Crippen LogP contribution >= 0.6 is 15.9 Å². The summed E-state index contributed by atoms with van der Waals surface area (Å²) in [5.41, 5.74) is 1.70. The number of amides is 4. The van der Waals surface area contributed by atoms with Crippen LogP contribution in [0.3, 0.4) is 0 Å². The summed E-state index contributed by atoms with van der Waals surface area (Å²) in [6.45, 7) is 4.79. The second kappa shape index (κ2) is 11.9. The van der Waals surface area contributed by atoms with Crippen LogP contribution in [0.2, 0.25) is 0 Å². The molecule has 34 heavy (non-hydrogen) atoms. The lowest BCUT2D eigenvalue weighted by atomic mass is 10.1. The van der Waals surface area contributed by atoms with Crippen molar-refractivity contribution < 1.29 is 19.2 Å². The quantitative estimate of drug-likeness (QED) is 0.351. The highest BCUT2D eigenvalue weighted by molar-refractivity contribution is 9.10. The summed E-state index contributed by atoms with van der Waals surface area (Å²) in [7, 11) is 0. The number of carbonyl (C=O) groups excluding carboxylic acids is 4. The minimum atomic E-state index is -0.646. The first-order chi connectivity index (χ1) is 16.3. The third-order valence-electron chi connectivity index (χ3n) is 5.91. The summed E-state index contributed by atoms with van der Waals surface area (Å²) < 4.78 is 0.931. The molecule has 1 aliphatic rings. The number of hydrogen-bond acceptors (Lipinski definition) is 4. The molecular formula is C26H30BrN3O4. The summed E-state index contributed by atoms with van der Waals surface area (Å²) in [6.07, 6.45) is 2.29. The van der Waals surface area contributed by atoms with Crippen LogP contribution in [0.4, 0.5) is 0 Å². The molecule has 1 atom stereocenters. The van der Waals surface area contributed by atoms with Crippen molar-refractivity contribution in [1.29, 1.82) is 0 Å². The highest BCUT2D eigenvalue weighted by Gasteiger charge is 2.35. The zero-order chi connectivity index (χ0) is 24.7. The van der Waals surface area contributed by atoms with E-state index in [0.717, 1.165) is 22.9 Å². The lowest BCUT2D eigenvalue weighted by molar-refractivity contribution is -0.140. The maximum absolute atomic E-state index is 13.2. The van der Waals surface area contributed by atoms with Gasteiger partial charge in [0.25, 0.3) is 11.8 Å². The molecule has 8 heteroatoms. The van der Waals surface area contributed by atoms with E-state index in [1.54, 1.807) is 36.1 Å². The number of rotatable bonds is 11. The summed E-state index contributed by atoms with van der Waals surface area (Å²) in [4.78, 5) is 53.8. The van der Waals surface area contributed by atoms with Crippen LogP contribution in [0.15, 0.2) is 53.0 Å². The molecule has 0 aromatic heterocycles. The highest BCUT2D eigenvalue weighted by atomic mass is 79.9. The topological polar surface area (TPSA) is 86.8 Å². The molecule has 0 aliphatic carbocycles. The van der Waals surface area contributed by atoms with Crippen LogP contribution in [0.5, 0.6) is 0 Å². The first-order valence-electron chi connectivity index (χ1n) is 11.6. The Morgan fingerprint density at radius 1 is 1.00 bits per heavy atom. The highest BCUT2D eigenvalue weighted by Crippen LogP contribution is 2.23. The van der Waals surface area contributed by atoms with Crippen molar-refractivity contribution in [3.63, 3.8) is 0 Å². The van der Waals surface area contributed by atoms with Crippen molar-refractivity contribution in [3.8, 4) is 0 Å². The van der Waals surface area contributed by atoms with Gasteiger partial charge < -0.3 is 10.2 Å². The van der Waals surface area contributed by atoms with Crippen LogP contribution in [0, 0.1) is 0 Å². The normalized spacial score (nSPS) is 13.6. The Morgan fingerprint density at radius 3 is 2.21 bits per heavy atom. The molecule has 7 nitrogen and oxygen atoms in total. The second-order valence-corrected chi connectivity index (χ2v) is 9.30. The molecule has 1 aliphatic heterocycles. The van der Waals surface area contributed by atoms with E-state index in [1.807, 2.05) is 31.2 Å². The summed E-state index contributed by atoms with van der Waals surface area (Å²) in [5.74, 6) is -1.05. The van der Waals surface area contributed by atoms with Gasteiger partial charge in [0.2, 0.25) is 11.8 Å². The van der Waals surface area contributed by atoms with Gasteiger partial charge >= 0.3 is 0 Å². The Hall–Kier alpha value is -3.00. The summed E-state index contributed by atoms with van der Waals surface area (Å²) in [5, 5.41) is 2.90. The number of nitrogens with zero attached hydrogens (tertiary/aromatic N) is 2. The number of imide groups is 1. The number of hydrogen-bond donors (Lipinski definition) is 1. The Labute approximate surface area is 208 Å². The first kappa shape index (κ1) is 25.6. The minimum Gasteiger partial charge on any atom is -0.354 e. The Kier molecular flexibility index (Phi) is 8.98. The maximum atomic E-state index is 13.2. The van der Waals surface area contributed by atoms with Gasteiger partial charge in [-0.15, -0.1) is 0 Å². The number of benzene rings is 2. The van der Waals surface area contributed by atoms with Crippen molar-refractivity contribution in [3.05, 3.63) is 69.7 Å². The molecule has 2 aromatic carbocycles. The van der Waals surface area contributed by atoms with Gasteiger partial charge in [0, 0.05) is 30.5 Å². The lowest BCUT2D eigenvalue weighted by Gasteiger charge is -2.29. The SMILES string of the molecule is CCCCNC(=O)[C@H](C)N(Cc1ccc(Br)cc1)C(=O)CCCN1C(=O)c2ccccc2C1=O. The number of fused-ring (bicyclic) bond motifs is 1. The molecule has 0 spiro atoms. The van der Waals surface area contributed by atoms with Crippen molar-refractivity contribution in [2.24, 2.45) is 0 Å². The number of carbonyl (C=O) groups is 4. The monoisotopic (exact) mass is 527 g/mol. The molecule has 0 unspecified atom stereocenters. The molecule has 0 saturated heterocycles. The first-order valence-corrected chi connectivity index (χ1v) is 12.4. The minimum absolute atomic E-state index is 0.122. The van der Waals surface area contributed by atoms with E-state index in [-0.39, 0.29) is 36.6 Å². The maximum Gasteiger partial charge on any atom is 0.261 e. The molecule has 3 rings (SSSR count). The zero-order valence-electron chi connectivity index (χ0n) is 19.6. The smallest absolute Gasteiger partial charge is 0.261 e. The summed E-state index contributed by atoms with van der Waals surface area (Å²) >= 11 is 3.41. The third kappa shape index (κ3) is 6.11. The Bertz CT molecular complexity index is 1020. The van der Waals surface area contributed by atoms with E-state index in [2.05, 4.69) is 21.2 Å². The van der Waals surface area contributed by atoms with Crippen molar-refractivity contribution in [2.75, 3.05) is 13.1 Å². The van der Waals surface area contributed by atoms with E-state index in [1.165, 1.54) is 4.90 Å². The fourth-order valence-corrected chi connectivity index (χ4v) is 4.14. The van der Waals surface area contributed by atoms with Crippen LogP contribution in [-0.4, -0.2) is 52.6 Å². The molecule has 1 heterocycles. The van der Waals surface area contributed by atoms with Crippen LogP contribution in [-0.2, 0) is 16.1 Å². The lowest BCUT2D eigenvalue weighted by Crippen LogP contribution is -2.47. The molecule has 0 fully saturated rings. The van der Waals surface area contributed by atoms with Gasteiger partial charge in [0.1, 0.15) is 6.04 Å². The van der Waals surface area contributed by atoms with Gasteiger partial charge in [-0.3, -0.25) is 24.1 Å². The van der Waals surface area contributed by atoms with E-state index >= 15 is 0 Å². The Morgan fingerprint density at radius 2 is 1.62 bits per heavy atom. The Balaban J connectivity index is 1.64. The van der Waals surface area contributed by atoms with Crippen LogP contribution in [0.1, 0.15) is 65.8 Å². The van der Waals surface area contributed by atoms with Crippen LogP contribution in [0.25, 0.3) is 0 Å². The molecule has 180 valence electrons. The van der Waals surface area contributed by atoms with E-state index in [0.29, 0.717) is 30.6 Å². The fourth-order valence-electron chi connectivity index (χ4n) is 3.88. The van der Waals surface area contributed by atoms with E-state index in [4.69, 9.17) is 0 Å². The third-order valence-corrected chi connectivity index (χ3v) is 6.44. The number of unbranched alkanes of at least 4 members (excludes halogenated alkanes) is 1. The zero-order valence-corrected chi connectivity index (χ0v) is 21.1. The number of nitrogens with one attached hydrogen (secondary N) is 1. The van der Waals surface area contributed by atoms with Gasteiger partial charge in [-0.2, -0.15) is 0 Å². The molecule has 4 amide bonds. The number of halogens is 1. The van der Waals surface area contributed by atoms with Gasteiger partial charge in [-0.05, 0) is 49.6 Å². The molecule has 2 aromatic rings. The van der Waals surface area contributed by atoms with Gasteiger partial charge in [0.15, 0.2) is 0 Å². The fraction of sp³-hybridized carbons (Fsp3) is 0.385. The standard InChI is InChI=1S/C26H30BrN3O4/c1-3-4-15-28-24(32)18(2)30(17-19-11-13-20(27)14-12-19)23(31)10-7-16-29-25(33)21-8-5-6-9-22(21)26(29)34/h5-6,8-9,11-14,18H,3-4,7,10,15-17H2,1-2H3,(H,28,32)/t18-/m0/s1. The molecule has 0 bridgehead atoms. The molecular weight excluding hydrogens is 498 g/mol. The van der Waals surface area contributed by atoms with Crippen molar-refractivity contribution >= 4 is 39.6 Å². The molecule has 0 radical (unpaired) electrons. The second-order valence-electron chi connectivity index (χ2n) is 8.38. The largest absolute Gasteiger partial charge is 0.354 e. The van der Waals surface area contributed by atoms with Gasteiger partial charge in [-0.1, -0.05) is 53.5 Å². The van der Waals surface area contributed by atoms with Crippen molar-refractivity contribution in [2.45, 2.75) is 52.1 Å². The van der Waals surface area contributed by atoms with Crippen molar-refractivity contribution in [1.82, 2.24) is 15.1 Å². The predicted molar refractivity (Wildman–Crippen MR) is 133 cm³/mol. The molecule has 0 saturated carbocycles. The average Bonchev–Trinajstić information content (AvgIpc) is 3.08. The average molecular weight is 528 g/mol.